The minimum absolute atomic E-state index is 0.0984. The van der Waals surface area contributed by atoms with Gasteiger partial charge in [-0.3, -0.25) is 4.90 Å². The summed E-state index contributed by atoms with van der Waals surface area (Å²) < 4.78 is 10.6. The van der Waals surface area contributed by atoms with Gasteiger partial charge < -0.3 is 19.7 Å². The van der Waals surface area contributed by atoms with Gasteiger partial charge in [0.25, 0.3) is 0 Å². The SMILES string of the molecule is COc1cccc(-c2csc(CN3CCN(C(=O)Nc4ccccc4OC)CC3)n2)c1. The molecule has 1 aliphatic rings. The number of anilines is 1. The highest BCUT2D eigenvalue weighted by atomic mass is 32.1. The molecular weight excluding hydrogens is 412 g/mol. The van der Waals surface area contributed by atoms with Crippen molar-refractivity contribution in [3.63, 3.8) is 0 Å². The second-order valence-corrected chi connectivity index (χ2v) is 8.19. The predicted octanol–water partition coefficient (Wildman–Crippen LogP) is 4.18. The van der Waals surface area contributed by atoms with Crippen LogP contribution in [0.2, 0.25) is 0 Å². The average Bonchev–Trinajstić information content (AvgIpc) is 3.28. The number of piperazine rings is 1. The highest BCUT2D eigenvalue weighted by Gasteiger charge is 2.22. The number of thiazole rings is 1. The van der Waals surface area contributed by atoms with Crippen molar-refractivity contribution in [2.45, 2.75) is 6.54 Å². The summed E-state index contributed by atoms with van der Waals surface area (Å²) in [4.78, 5) is 21.6. The van der Waals surface area contributed by atoms with Gasteiger partial charge in [-0.05, 0) is 24.3 Å². The van der Waals surface area contributed by atoms with E-state index in [0.717, 1.165) is 41.6 Å². The summed E-state index contributed by atoms with van der Waals surface area (Å²) in [5, 5.41) is 6.11. The summed E-state index contributed by atoms with van der Waals surface area (Å²) in [5.74, 6) is 1.49. The molecule has 31 heavy (non-hydrogen) atoms. The van der Waals surface area contributed by atoms with Gasteiger partial charge in [0.15, 0.2) is 0 Å². The molecule has 0 aliphatic carbocycles. The van der Waals surface area contributed by atoms with Crippen molar-refractivity contribution in [2.24, 2.45) is 0 Å². The first-order valence-corrected chi connectivity index (χ1v) is 11.0. The van der Waals surface area contributed by atoms with E-state index in [9.17, 15) is 4.79 Å². The van der Waals surface area contributed by atoms with Crippen LogP contribution in [0.3, 0.4) is 0 Å². The Morgan fingerprint density at radius 2 is 1.87 bits per heavy atom. The van der Waals surface area contributed by atoms with E-state index in [-0.39, 0.29) is 6.03 Å². The van der Waals surface area contributed by atoms with E-state index in [1.54, 1.807) is 25.6 Å². The van der Waals surface area contributed by atoms with Crippen LogP contribution in [-0.2, 0) is 6.54 Å². The molecule has 2 amide bonds. The number of urea groups is 1. The Morgan fingerprint density at radius 1 is 1.06 bits per heavy atom. The number of hydrogen-bond acceptors (Lipinski definition) is 6. The van der Waals surface area contributed by atoms with Gasteiger partial charge in [0.05, 0.1) is 32.1 Å². The summed E-state index contributed by atoms with van der Waals surface area (Å²) in [5.41, 5.74) is 2.71. The van der Waals surface area contributed by atoms with Crippen LogP contribution in [0.15, 0.2) is 53.9 Å². The molecule has 1 aromatic heterocycles. The smallest absolute Gasteiger partial charge is 0.322 e. The molecule has 162 valence electrons. The fourth-order valence-electron chi connectivity index (χ4n) is 3.54. The van der Waals surface area contributed by atoms with Gasteiger partial charge in [-0.2, -0.15) is 0 Å². The van der Waals surface area contributed by atoms with Gasteiger partial charge >= 0.3 is 6.03 Å². The summed E-state index contributed by atoms with van der Waals surface area (Å²) in [6, 6.07) is 15.3. The minimum Gasteiger partial charge on any atom is -0.497 e. The normalized spacial score (nSPS) is 14.3. The van der Waals surface area contributed by atoms with E-state index >= 15 is 0 Å². The summed E-state index contributed by atoms with van der Waals surface area (Å²) in [7, 11) is 3.27. The van der Waals surface area contributed by atoms with Crippen molar-refractivity contribution in [2.75, 3.05) is 45.7 Å². The first-order valence-electron chi connectivity index (χ1n) is 10.2. The molecule has 8 heteroatoms. The number of benzene rings is 2. The van der Waals surface area contributed by atoms with Crippen LogP contribution in [0.5, 0.6) is 11.5 Å². The molecule has 0 radical (unpaired) electrons. The number of para-hydroxylation sites is 2. The van der Waals surface area contributed by atoms with Gasteiger partial charge in [0, 0.05) is 37.1 Å². The van der Waals surface area contributed by atoms with Crippen molar-refractivity contribution in [1.29, 1.82) is 0 Å². The molecule has 0 bridgehead atoms. The molecule has 1 N–H and O–H groups in total. The highest BCUT2D eigenvalue weighted by molar-refractivity contribution is 7.09. The third kappa shape index (κ3) is 5.15. The largest absolute Gasteiger partial charge is 0.497 e. The first-order chi connectivity index (χ1) is 15.2. The Hall–Kier alpha value is -3.10. The lowest BCUT2D eigenvalue weighted by Gasteiger charge is -2.34. The number of carbonyl (C=O) groups excluding carboxylic acids is 1. The topological polar surface area (TPSA) is 66.9 Å². The first kappa shape index (κ1) is 21.1. The van der Waals surface area contributed by atoms with Crippen LogP contribution >= 0.6 is 11.3 Å². The van der Waals surface area contributed by atoms with Crippen molar-refractivity contribution >= 4 is 23.1 Å². The number of ether oxygens (including phenoxy) is 2. The quantitative estimate of drug-likeness (QED) is 0.626. The molecule has 0 atom stereocenters. The number of nitrogens with zero attached hydrogens (tertiary/aromatic N) is 3. The zero-order valence-corrected chi connectivity index (χ0v) is 18.5. The highest BCUT2D eigenvalue weighted by Crippen LogP contribution is 2.26. The molecule has 1 fully saturated rings. The average molecular weight is 439 g/mol. The molecule has 2 heterocycles. The lowest BCUT2D eigenvalue weighted by Crippen LogP contribution is -2.49. The van der Waals surface area contributed by atoms with Gasteiger partial charge in [0.2, 0.25) is 0 Å². The van der Waals surface area contributed by atoms with E-state index in [4.69, 9.17) is 14.5 Å². The van der Waals surface area contributed by atoms with Gasteiger partial charge in [-0.25, -0.2) is 9.78 Å². The Labute approximate surface area is 186 Å². The maximum atomic E-state index is 12.6. The van der Waals surface area contributed by atoms with Crippen LogP contribution < -0.4 is 14.8 Å². The number of amides is 2. The Morgan fingerprint density at radius 3 is 2.65 bits per heavy atom. The van der Waals surface area contributed by atoms with Gasteiger partial charge in [0.1, 0.15) is 16.5 Å². The molecule has 0 unspecified atom stereocenters. The molecule has 1 aliphatic heterocycles. The Kier molecular flexibility index (Phi) is 6.69. The van der Waals surface area contributed by atoms with E-state index in [1.807, 2.05) is 53.4 Å². The number of carbonyl (C=O) groups is 1. The molecule has 3 aromatic rings. The van der Waals surface area contributed by atoms with Crippen molar-refractivity contribution in [3.8, 4) is 22.8 Å². The number of aromatic nitrogens is 1. The zero-order valence-electron chi connectivity index (χ0n) is 17.7. The third-order valence-corrected chi connectivity index (χ3v) is 6.12. The molecule has 1 saturated heterocycles. The zero-order chi connectivity index (χ0) is 21.6. The monoisotopic (exact) mass is 438 g/mol. The fraction of sp³-hybridized carbons (Fsp3) is 0.304. The third-order valence-electron chi connectivity index (χ3n) is 5.28. The number of hydrogen-bond donors (Lipinski definition) is 1. The molecule has 0 spiro atoms. The van der Waals surface area contributed by atoms with Crippen LogP contribution in [0, 0.1) is 0 Å². The predicted molar refractivity (Wildman–Crippen MR) is 123 cm³/mol. The second kappa shape index (κ2) is 9.80. The van der Waals surface area contributed by atoms with Gasteiger partial charge in [-0.15, -0.1) is 11.3 Å². The van der Waals surface area contributed by atoms with E-state index in [2.05, 4.69) is 15.6 Å². The van der Waals surface area contributed by atoms with Crippen molar-refractivity contribution in [3.05, 3.63) is 58.9 Å². The molecule has 0 saturated carbocycles. The van der Waals surface area contributed by atoms with Crippen LogP contribution in [0.1, 0.15) is 5.01 Å². The fourth-order valence-corrected chi connectivity index (χ4v) is 4.39. The lowest BCUT2D eigenvalue weighted by molar-refractivity contribution is 0.143. The number of nitrogens with one attached hydrogen (secondary N) is 1. The minimum atomic E-state index is -0.0984. The maximum Gasteiger partial charge on any atom is 0.322 e. The summed E-state index contributed by atoms with van der Waals surface area (Å²) in [6.07, 6.45) is 0. The molecule has 2 aromatic carbocycles. The summed E-state index contributed by atoms with van der Waals surface area (Å²) >= 11 is 1.66. The standard InChI is InChI=1S/C23H26N4O3S/c1-29-18-7-5-6-17(14-18)20-16-31-22(24-20)15-26-10-12-27(13-11-26)23(28)25-19-8-3-4-9-21(19)30-2/h3-9,14,16H,10-13,15H2,1-2H3,(H,25,28). The summed E-state index contributed by atoms with van der Waals surface area (Å²) in [6.45, 7) is 3.77. The van der Waals surface area contributed by atoms with Crippen LogP contribution in [0.4, 0.5) is 10.5 Å². The maximum absolute atomic E-state index is 12.6. The molecule has 4 rings (SSSR count). The Balaban J connectivity index is 1.30. The number of rotatable bonds is 6. The Bertz CT molecular complexity index is 1030. The second-order valence-electron chi connectivity index (χ2n) is 7.25. The van der Waals surface area contributed by atoms with E-state index in [1.165, 1.54) is 0 Å². The van der Waals surface area contributed by atoms with E-state index < -0.39 is 0 Å². The van der Waals surface area contributed by atoms with E-state index in [0.29, 0.717) is 24.5 Å². The lowest BCUT2D eigenvalue weighted by atomic mass is 10.2. The number of methoxy groups -OCH3 is 2. The van der Waals surface area contributed by atoms with Gasteiger partial charge in [-0.1, -0.05) is 24.3 Å². The van der Waals surface area contributed by atoms with Crippen LogP contribution in [0.25, 0.3) is 11.3 Å². The van der Waals surface area contributed by atoms with Crippen molar-refractivity contribution in [1.82, 2.24) is 14.8 Å². The molecule has 7 nitrogen and oxygen atoms in total. The van der Waals surface area contributed by atoms with Crippen molar-refractivity contribution < 1.29 is 14.3 Å². The van der Waals surface area contributed by atoms with Crippen LogP contribution in [-0.4, -0.2) is 61.2 Å². The molecular formula is C23H26N4O3S.